The first-order chi connectivity index (χ1) is 9.36. The SMILES string of the molecule is N#C/C(=C/c1ccccc1)c1nc2ccccc2o1. The van der Waals surface area contributed by atoms with Crippen molar-refractivity contribution < 1.29 is 4.42 Å². The fraction of sp³-hybridized carbons (Fsp3) is 0. The van der Waals surface area contributed by atoms with Crippen molar-refractivity contribution in [3.8, 4) is 6.07 Å². The number of hydrogen-bond donors (Lipinski definition) is 0. The molecule has 1 aromatic heterocycles. The van der Waals surface area contributed by atoms with Gasteiger partial charge < -0.3 is 4.42 Å². The lowest BCUT2D eigenvalue weighted by molar-refractivity contribution is 0.586. The van der Waals surface area contributed by atoms with Gasteiger partial charge in [-0.05, 0) is 23.8 Å². The van der Waals surface area contributed by atoms with Crippen LogP contribution in [0, 0.1) is 11.3 Å². The lowest BCUT2D eigenvalue weighted by Crippen LogP contribution is -1.81. The molecule has 0 aliphatic heterocycles. The Morgan fingerprint density at radius 3 is 2.53 bits per heavy atom. The highest BCUT2D eigenvalue weighted by atomic mass is 16.3. The van der Waals surface area contributed by atoms with E-state index in [0.29, 0.717) is 17.0 Å². The molecule has 0 radical (unpaired) electrons. The molecule has 0 aliphatic rings. The molecule has 0 amide bonds. The molecular formula is C16H10N2O. The average Bonchev–Trinajstić information content (AvgIpc) is 2.89. The Labute approximate surface area is 110 Å². The van der Waals surface area contributed by atoms with Gasteiger partial charge in [0.15, 0.2) is 5.58 Å². The standard InChI is InChI=1S/C16H10N2O/c17-11-13(10-12-6-2-1-3-7-12)16-18-14-8-4-5-9-15(14)19-16/h1-10H/b13-10-. The van der Waals surface area contributed by atoms with Crippen LogP contribution in [0.25, 0.3) is 22.7 Å². The van der Waals surface area contributed by atoms with E-state index in [1.54, 1.807) is 6.08 Å². The molecule has 3 nitrogen and oxygen atoms in total. The first kappa shape index (κ1) is 11.2. The van der Waals surface area contributed by atoms with Crippen molar-refractivity contribution in [1.82, 2.24) is 4.98 Å². The van der Waals surface area contributed by atoms with E-state index >= 15 is 0 Å². The molecule has 3 heteroatoms. The minimum atomic E-state index is 0.354. The molecule has 0 spiro atoms. The number of oxazole rings is 1. The second-order valence-corrected chi connectivity index (χ2v) is 4.07. The summed E-state index contributed by atoms with van der Waals surface area (Å²) in [6.45, 7) is 0. The molecule has 0 bridgehead atoms. The van der Waals surface area contributed by atoms with Crippen LogP contribution in [-0.4, -0.2) is 4.98 Å². The number of para-hydroxylation sites is 2. The van der Waals surface area contributed by atoms with Crippen molar-refractivity contribution in [3.05, 3.63) is 66.1 Å². The van der Waals surface area contributed by atoms with Gasteiger partial charge in [0, 0.05) is 0 Å². The van der Waals surface area contributed by atoms with Gasteiger partial charge in [-0.15, -0.1) is 0 Å². The van der Waals surface area contributed by atoms with Crippen molar-refractivity contribution in [2.45, 2.75) is 0 Å². The minimum absolute atomic E-state index is 0.354. The normalized spacial score (nSPS) is 11.4. The lowest BCUT2D eigenvalue weighted by atomic mass is 10.1. The minimum Gasteiger partial charge on any atom is -0.435 e. The monoisotopic (exact) mass is 246 g/mol. The van der Waals surface area contributed by atoms with Gasteiger partial charge in [0.2, 0.25) is 5.89 Å². The Morgan fingerprint density at radius 1 is 1.05 bits per heavy atom. The predicted octanol–water partition coefficient (Wildman–Crippen LogP) is 3.89. The summed E-state index contributed by atoms with van der Waals surface area (Å²) in [7, 11) is 0. The molecular weight excluding hydrogens is 236 g/mol. The van der Waals surface area contributed by atoms with Gasteiger partial charge in [0.25, 0.3) is 0 Å². The number of benzene rings is 2. The molecule has 0 aliphatic carbocycles. The molecule has 1 heterocycles. The molecule has 2 aromatic carbocycles. The number of hydrogen-bond acceptors (Lipinski definition) is 3. The maximum Gasteiger partial charge on any atom is 0.238 e. The number of nitriles is 1. The van der Waals surface area contributed by atoms with E-state index in [9.17, 15) is 5.26 Å². The third-order valence-corrected chi connectivity index (χ3v) is 2.76. The summed E-state index contributed by atoms with van der Waals surface area (Å²) in [4.78, 5) is 4.32. The Kier molecular flexibility index (Phi) is 2.83. The number of allylic oxidation sites excluding steroid dienone is 1. The molecule has 0 unspecified atom stereocenters. The molecule has 0 saturated heterocycles. The Bertz CT molecular complexity index is 746. The number of rotatable bonds is 2. The number of nitrogens with zero attached hydrogens (tertiary/aromatic N) is 2. The van der Waals surface area contributed by atoms with Gasteiger partial charge in [0.1, 0.15) is 17.2 Å². The summed E-state index contributed by atoms with van der Waals surface area (Å²) in [5.74, 6) is 0.354. The highest BCUT2D eigenvalue weighted by Gasteiger charge is 2.09. The summed E-state index contributed by atoms with van der Waals surface area (Å²) in [6.07, 6.45) is 1.77. The second-order valence-electron chi connectivity index (χ2n) is 4.07. The van der Waals surface area contributed by atoms with Crippen LogP contribution in [0.3, 0.4) is 0 Å². The quantitative estimate of drug-likeness (QED) is 0.644. The molecule has 0 atom stereocenters. The van der Waals surface area contributed by atoms with E-state index in [1.165, 1.54) is 0 Å². The van der Waals surface area contributed by atoms with Crippen molar-refractivity contribution in [1.29, 1.82) is 5.26 Å². The van der Waals surface area contributed by atoms with E-state index in [1.807, 2.05) is 54.6 Å². The molecule has 0 fully saturated rings. The summed E-state index contributed by atoms with van der Waals surface area (Å²) >= 11 is 0. The lowest BCUT2D eigenvalue weighted by Gasteiger charge is -1.93. The average molecular weight is 246 g/mol. The molecule has 90 valence electrons. The van der Waals surface area contributed by atoms with Gasteiger partial charge in [-0.25, -0.2) is 4.98 Å². The van der Waals surface area contributed by atoms with Crippen molar-refractivity contribution in [2.75, 3.05) is 0 Å². The van der Waals surface area contributed by atoms with Crippen LogP contribution in [0.15, 0.2) is 59.0 Å². The highest BCUT2D eigenvalue weighted by Crippen LogP contribution is 2.22. The Morgan fingerprint density at radius 2 is 1.79 bits per heavy atom. The summed E-state index contributed by atoms with van der Waals surface area (Å²) < 4.78 is 5.59. The van der Waals surface area contributed by atoms with Crippen LogP contribution in [0.1, 0.15) is 11.5 Å². The van der Waals surface area contributed by atoms with E-state index in [2.05, 4.69) is 11.1 Å². The third-order valence-electron chi connectivity index (χ3n) is 2.76. The van der Waals surface area contributed by atoms with Crippen molar-refractivity contribution >= 4 is 22.7 Å². The molecule has 0 N–H and O–H groups in total. The van der Waals surface area contributed by atoms with Crippen LogP contribution in [-0.2, 0) is 0 Å². The summed E-state index contributed by atoms with van der Waals surface area (Å²) in [5, 5.41) is 9.25. The zero-order chi connectivity index (χ0) is 13.1. The second kappa shape index (κ2) is 4.79. The van der Waals surface area contributed by atoms with E-state index in [0.717, 1.165) is 11.1 Å². The van der Waals surface area contributed by atoms with Gasteiger partial charge in [-0.1, -0.05) is 42.5 Å². The molecule has 19 heavy (non-hydrogen) atoms. The van der Waals surface area contributed by atoms with Gasteiger partial charge in [0.05, 0.1) is 0 Å². The predicted molar refractivity (Wildman–Crippen MR) is 73.9 cm³/mol. The first-order valence-corrected chi connectivity index (χ1v) is 5.89. The Hall–Kier alpha value is -2.86. The maximum atomic E-state index is 9.25. The van der Waals surface area contributed by atoms with Crippen LogP contribution in [0.4, 0.5) is 0 Å². The van der Waals surface area contributed by atoms with Crippen molar-refractivity contribution in [2.24, 2.45) is 0 Å². The zero-order valence-electron chi connectivity index (χ0n) is 10.1. The van der Waals surface area contributed by atoms with E-state index in [-0.39, 0.29) is 0 Å². The van der Waals surface area contributed by atoms with Crippen LogP contribution < -0.4 is 0 Å². The Balaban J connectivity index is 2.08. The van der Waals surface area contributed by atoms with Gasteiger partial charge in [-0.3, -0.25) is 0 Å². The summed E-state index contributed by atoms with van der Waals surface area (Å²) in [6, 6.07) is 19.2. The van der Waals surface area contributed by atoms with Gasteiger partial charge in [-0.2, -0.15) is 5.26 Å². The number of fused-ring (bicyclic) bond motifs is 1. The molecule has 3 aromatic rings. The van der Waals surface area contributed by atoms with E-state index in [4.69, 9.17) is 4.42 Å². The van der Waals surface area contributed by atoms with Crippen LogP contribution in [0.2, 0.25) is 0 Å². The summed E-state index contributed by atoms with van der Waals surface area (Å²) in [5.41, 5.74) is 2.81. The highest BCUT2D eigenvalue weighted by molar-refractivity contribution is 5.88. The van der Waals surface area contributed by atoms with Crippen LogP contribution >= 0.6 is 0 Å². The van der Waals surface area contributed by atoms with Gasteiger partial charge >= 0.3 is 0 Å². The molecule has 0 saturated carbocycles. The van der Waals surface area contributed by atoms with Crippen LogP contribution in [0.5, 0.6) is 0 Å². The first-order valence-electron chi connectivity index (χ1n) is 5.89. The van der Waals surface area contributed by atoms with E-state index < -0.39 is 0 Å². The third kappa shape index (κ3) is 2.24. The van der Waals surface area contributed by atoms with Crippen molar-refractivity contribution in [3.63, 3.8) is 0 Å². The largest absolute Gasteiger partial charge is 0.435 e. The zero-order valence-corrected chi connectivity index (χ0v) is 10.1. The smallest absolute Gasteiger partial charge is 0.238 e. The molecule has 3 rings (SSSR count). The fourth-order valence-corrected chi connectivity index (χ4v) is 1.85. The maximum absolute atomic E-state index is 9.25. The number of aromatic nitrogens is 1. The fourth-order valence-electron chi connectivity index (χ4n) is 1.85. The topological polar surface area (TPSA) is 49.8 Å².